The van der Waals surface area contributed by atoms with Gasteiger partial charge in [0.2, 0.25) is 0 Å². The minimum atomic E-state index is -0.0906. The van der Waals surface area contributed by atoms with Gasteiger partial charge in [-0.1, -0.05) is 17.3 Å². The molecule has 2 atom stereocenters. The van der Waals surface area contributed by atoms with E-state index < -0.39 is 0 Å². The monoisotopic (exact) mass is 288 g/mol. The molecular formula is C15H20N4O2. The van der Waals surface area contributed by atoms with Crippen LogP contribution in [0.15, 0.2) is 29.1 Å². The summed E-state index contributed by atoms with van der Waals surface area (Å²) in [5.41, 5.74) is 0.548. The van der Waals surface area contributed by atoms with Gasteiger partial charge in [-0.15, -0.1) is 5.10 Å². The van der Waals surface area contributed by atoms with Crippen LogP contribution in [0.1, 0.15) is 19.8 Å². The van der Waals surface area contributed by atoms with Crippen molar-refractivity contribution >= 4 is 10.9 Å². The molecule has 0 amide bonds. The molecule has 112 valence electrons. The third kappa shape index (κ3) is 3.11. The summed E-state index contributed by atoms with van der Waals surface area (Å²) in [6, 6.07) is 7.56. The van der Waals surface area contributed by atoms with Crippen LogP contribution < -0.4 is 10.9 Å². The summed E-state index contributed by atoms with van der Waals surface area (Å²) in [6.45, 7) is 4.15. The lowest BCUT2D eigenvalue weighted by molar-refractivity contribution is 0.0833. The summed E-state index contributed by atoms with van der Waals surface area (Å²) in [7, 11) is 0. The first kappa shape index (κ1) is 14.2. The second kappa shape index (κ2) is 6.32. The number of aromatic nitrogens is 3. The van der Waals surface area contributed by atoms with Gasteiger partial charge in [0.05, 0.1) is 18.0 Å². The summed E-state index contributed by atoms with van der Waals surface area (Å²) in [5, 5.41) is 12.1. The number of ether oxygens (including phenoxy) is 1. The summed E-state index contributed by atoms with van der Waals surface area (Å²) in [6.07, 6.45) is 2.51. The normalized spacial score (nSPS) is 20.0. The van der Waals surface area contributed by atoms with Crippen LogP contribution in [0.25, 0.3) is 10.9 Å². The van der Waals surface area contributed by atoms with Gasteiger partial charge in [-0.2, -0.15) is 0 Å². The lowest BCUT2D eigenvalue weighted by atomic mass is 10.1. The topological polar surface area (TPSA) is 69.0 Å². The molecule has 21 heavy (non-hydrogen) atoms. The lowest BCUT2D eigenvalue weighted by Crippen LogP contribution is -2.40. The van der Waals surface area contributed by atoms with E-state index in [0.717, 1.165) is 19.4 Å². The number of hydrogen-bond donors (Lipinski definition) is 1. The molecule has 1 N–H and O–H groups in total. The quantitative estimate of drug-likeness (QED) is 0.887. The first-order valence-corrected chi connectivity index (χ1v) is 7.43. The zero-order chi connectivity index (χ0) is 14.7. The third-order valence-electron chi connectivity index (χ3n) is 3.94. The average Bonchev–Trinajstić information content (AvgIpc) is 3.04. The van der Waals surface area contributed by atoms with Gasteiger partial charge in [-0.25, -0.2) is 4.68 Å². The molecule has 2 unspecified atom stereocenters. The van der Waals surface area contributed by atoms with E-state index in [0.29, 0.717) is 24.0 Å². The number of fused-ring (bicyclic) bond motifs is 1. The molecule has 1 aliphatic heterocycles. The van der Waals surface area contributed by atoms with Gasteiger partial charge in [-0.05, 0) is 31.9 Å². The molecule has 1 aromatic heterocycles. The van der Waals surface area contributed by atoms with E-state index in [9.17, 15) is 4.79 Å². The maximum atomic E-state index is 12.3. The molecule has 2 heterocycles. The van der Waals surface area contributed by atoms with Crippen molar-refractivity contribution in [3.05, 3.63) is 34.6 Å². The largest absolute Gasteiger partial charge is 0.377 e. The van der Waals surface area contributed by atoms with Crippen molar-refractivity contribution in [1.82, 2.24) is 20.3 Å². The highest BCUT2D eigenvalue weighted by Gasteiger charge is 2.21. The predicted molar refractivity (Wildman–Crippen MR) is 80.2 cm³/mol. The highest BCUT2D eigenvalue weighted by atomic mass is 16.5. The van der Waals surface area contributed by atoms with Crippen LogP contribution in [0, 0.1) is 0 Å². The molecule has 1 aromatic carbocycles. The Morgan fingerprint density at radius 2 is 2.33 bits per heavy atom. The Labute approximate surface area is 123 Å². The van der Waals surface area contributed by atoms with Crippen LogP contribution in [0.2, 0.25) is 0 Å². The summed E-state index contributed by atoms with van der Waals surface area (Å²) >= 11 is 0. The molecular weight excluding hydrogens is 268 g/mol. The molecule has 0 saturated carbocycles. The van der Waals surface area contributed by atoms with Gasteiger partial charge in [0.1, 0.15) is 5.52 Å². The second-order valence-electron chi connectivity index (χ2n) is 5.43. The maximum Gasteiger partial charge on any atom is 0.277 e. The van der Waals surface area contributed by atoms with Crippen molar-refractivity contribution < 1.29 is 4.74 Å². The van der Waals surface area contributed by atoms with Crippen LogP contribution in [-0.2, 0) is 11.3 Å². The maximum absolute atomic E-state index is 12.3. The molecule has 1 fully saturated rings. The Bertz CT molecular complexity index is 664. The summed E-state index contributed by atoms with van der Waals surface area (Å²) in [4.78, 5) is 12.3. The molecule has 1 aliphatic rings. The van der Waals surface area contributed by atoms with Crippen molar-refractivity contribution in [1.29, 1.82) is 0 Å². The Hall–Kier alpha value is -1.79. The fourth-order valence-corrected chi connectivity index (χ4v) is 2.70. The van der Waals surface area contributed by atoms with Crippen LogP contribution in [0.5, 0.6) is 0 Å². The van der Waals surface area contributed by atoms with Crippen molar-refractivity contribution in [2.45, 2.75) is 38.5 Å². The van der Waals surface area contributed by atoms with E-state index >= 15 is 0 Å². The average molecular weight is 288 g/mol. The van der Waals surface area contributed by atoms with Gasteiger partial charge in [0.25, 0.3) is 5.56 Å². The van der Waals surface area contributed by atoms with Gasteiger partial charge >= 0.3 is 0 Å². The SMILES string of the molecule is CC(NCCn1nnc2ccccc2c1=O)C1CCCO1. The standard InChI is InChI=1S/C15H20N4O2/c1-11(14-7-4-10-21-14)16-8-9-19-15(20)12-5-2-3-6-13(12)17-18-19/h2-3,5-6,11,14,16H,4,7-10H2,1H3. The predicted octanol–water partition coefficient (Wildman–Crippen LogP) is 0.949. The van der Waals surface area contributed by atoms with Crippen LogP contribution in [0.3, 0.4) is 0 Å². The second-order valence-corrected chi connectivity index (χ2v) is 5.43. The molecule has 1 saturated heterocycles. The van der Waals surface area contributed by atoms with E-state index in [-0.39, 0.29) is 17.7 Å². The van der Waals surface area contributed by atoms with Crippen molar-refractivity contribution in [3.8, 4) is 0 Å². The van der Waals surface area contributed by atoms with Crippen LogP contribution >= 0.6 is 0 Å². The van der Waals surface area contributed by atoms with E-state index in [2.05, 4.69) is 22.6 Å². The highest BCUT2D eigenvalue weighted by molar-refractivity contribution is 5.76. The zero-order valence-electron chi connectivity index (χ0n) is 12.2. The van der Waals surface area contributed by atoms with E-state index in [1.807, 2.05) is 12.1 Å². The number of hydrogen-bond acceptors (Lipinski definition) is 5. The molecule has 6 nitrogen and oxygen atoms in total. The zero-order valence-corrected chi connectivity index (χ0v) is 12.2. The van der Waals surface area contributed by atoms with Crippen LogP contribution in [0.4, 0.5) is 0 Å². The Morgan fingerprint density at radius 3 is 3.14 bits per heavy atom. The fourth-order valence-electron chi connectivity index (χ4n) is 2.70. The van der Waals surface area contributed by atoms with Gasteiger partial charge in [0.15, 0.2) is 0 Å². The molecule has 0 radical (unpaired) electrons. The van der Waals surface area contributed by atoms with E-state index in [1.54, 1.807) is 12.1 Å². The minimum Gasteiger partial charge on any atom is -0.377 e. The first-order valence-electron chi connectivity index (χ1n) is 7.43. The molecule has 2 aromatic rings. The number of rotatable bonds is 5. The highest BCUT2D eigenvalue weighted by Crippen LogP contribution is 2.15. The van der Waals surface area contributed by atoms with Gasteiger partial charge in [-0.3, -0.25) is 4.79 Å². The Morgan fingerprint density at radius 1 is 1.48 bits per heavy atom. The minimum absolute atomic E-state index is 0.0906. The molecule has 3 rings (SSSR count). The summed E-state index contributed by atoms with van der Waals surface area (Å²) < 4.78 is 7.05. The van der Waals surface area contributed by atoms with E-state index in [4.69, 9.17) is 4.74 Å². The summed E-state index contributed by atoms with van der Waals surface area (Å²) in [5.74, 6) is 0. The Kier molecular flexibility index (Phi) is 4.26. The fraction of sp³-hybridized carbons (Fsp3) is 0.533. The third-order valence-corrected chi connectivity index (χ3v) is 3.94. The van der Waals surface area contributed by atoms with Crippen molar-refractivity contribution in [3.63, 3.8) is 0 Å². The number of nitrogens with zero attached hydrogens (tertiary/aromatic N) is 3. The van der Waals surface area contributed by atoms with Gasteiger partial charge < -0.3 is 10.1 Å². The van der Waals surface area contributed by atoms with E-state index in [1.165, 1.54) is 4.68 Å². The molecule has 6 heteroatoms. The molecule has 0 aliphatic carbocycles. The van der Waals surface area contributed by atoms with Crippen molar-refractivity contribution in [2.75, 3.05) is 13.2 Å². The molecule has 0 bridgehead atoms. The number of benzene rings is 1. The number of nitrogens with one attached hydrogen (secondary N) is 1. The lowest BCUT2D eigenvalue weighted by Gasteiger charge is -2.19. The first-order chi connectivity index (χ1) is 10.3. The smallest absolute Gasteiger partial charge is 0.277 e. The Balaban J connectivity index is 1.63. The molecule has 0 spiro atoms. The van der Waals surface area contributed by atoms with Gasteiger partial charge in [0, 0.05) is 19.2 Å². The van der Waals surface area contributed by atoms with Crippen molar-refractivity contribution in [2.24, 2.45) is 0 Å². The van der Waals surface area contributed by atoms with Crippen LogP contribution in [-0.4, -0.2) is 40.3 Å².